The molecule has 0 atom stereocenters. The number of hydrogen-bond donors (Lipinski definition) is 1. The van der Waals surface area contributed by atoms with Gasteiger partial charge in [-0.3, -0.25) is 4.79 Å². The van der Waals surface area contributed by atoms with Gasteiger partial charge in [0.25, 0.3) is 5.91 Å². The molecule has 1 amide bonds. The number of aromatic amines is 1. The molecule has 0 bridgehead atoms. The van der Waals surface area contributed by atoms with Gasteiger partial charge < -0.3 is 9.88 Å². The number of amides is 1. The van der Waals surface area contributed by atoms with E-state index in [9.17, 15) is 4.79 Å². The van der Waals surface area contributed by atoms with Crippen molar-refractivity contribution in [2.45, 2.75) is 39.5 Å². The van der Waals surface area contributed by atoms with Crippen molar-refractivity contribution in [3.8, 4) is 11.3 Å². The molecule has 0 aliphatic carbocycles. The number of imidazole rings is 1. The molecule has 1 fully saturated rings. The zero-order chi connectivity index (χ0) is 20.5. The molecular formula is C24H26ClN3O. The van der Waals surface area contributed by atoms with Gasteiger partial charge in [0.15, 0.2) is 0 Å². The van der Waals surface area contributed by atoms with Crippen LogP contribution < -0.4 is 0 Å². The van der Waals surface area contributed by atoms with Crippen molar-refractivity contribution in [2.75, 3.05) is 13.1 Å². The van der Waals surface area contributed by atoms with E-state index in [2.05, 4.69) is 29.0 Å². The first kappa shape index (κ1) is 19.7. The van der Waals surface area contributed by atoms with Gasteiger partial charge in [-0.05, 0) is 74.9 Å². The third-order valence-corrected chi connectivity index (χ3v) is 6.13. The second-order valence-corrected chi connectivity index (χ2v) is 8.37. The lowest BCUT2D eigenvalue weighted by Crippen LogP contribution is -2.37. The standard InChI is InChI=1S/C24H26ClN3O/c1-15-4-5-20(14-22(15)23-16(2)26-17(3)27-23)24(29)28-12-10-19(11-13-28)18-6-8-21(25)9-7-18/h4-9,14,19H,10-13H2,1-3H3,(H,26,27). The molecule has 2 heterocycles. The molecule has 3 aromatic rings. The minimum absolute atomic E-state index is 0.106. The van der Waals surface area contributed by atoms with E-state index in [4.69, 9.17) is 11.6 Å². The van der Waals surface area contributed by atoms with Gasteiger partial charge in [0.1, 0.15) is 5.82 Å². The van der Waals surface area contributed by atoms with Crippen LogP contribution in [0.25, 0.3) is 11.3 Å². The second-order valence-electron chi connectivity index (χ2n) is 7.93. The second kappa shape index (κ2) is 8.03. The Labute approximate surface area is 176 Å². The summed E-state index contributed by atoms with van der Waals surface area (Å²) >= 11 is 6.00. The summed E-state index contributed by atoms with van der Waals surface area (Å²) in [5.41, 5.74) is 6.18. The largest absolute Gasteiger partial charge is 0.342 e. The van der Waals surface area contributed by atoms with Crippen molar-refractivity contribution >= 4 is 17.5 Å². The summed E-state index contributed by atoms with van der Waals surface area (Å²) in [4.78, 5) is 22.9. The van der Waals surface area contributed by atoms with E-state index in [-0.39, 0.29) is 5.91 Å². The Morgan fingerprint density at radius 1 is 1.07 bits per heavy atom. The zero-order valence-electron chi connectivity index (χ0n) is 17.1. The molecule has 5 heteroatoms. The van der Waals surface area contributed by atoms with Crippen LogP contribution in [-0.4, -0.2) is 33.9 Å². The van der Waals surface area contributed by atoms with Crippen LogP contribution in [-0.2, 0) is 0 Å². The third-order valence-electron chi connectivity index (χ3n) is 5.88. The topological polar surface area (TPSA) is 49.0 Å². The first-order valence-corrected chi connectivity index (χ1v) is 10.5. The highest BCUT2D eigenvalue weighted by atomic mass is 35.5. The van der Waals surface area contributed by atoms with E-state index in [1.807, 2.05) is 49.1 Å². The number of aryl methyl sites for hydroxylation is 3. The lowest BCUT2D eigenvalue weighted by molar-refractivity contribution is 0.0713. The van der Waals surface area contributed by atoms with Gasteiger partial charge in [0.2, 0.25) is 0 Å². The monoisotopic (exact) mass is 407 g/mol. The molecule has 0 radical (unpaired) electrons. The highest BCUT2D eigenvalue weighted by molar-refractivity contribution is 6.30. The summed E-state index contributed by atoms with van der Waals surface area (Å²) in [7, 11) is 0. The highest BCUT2D eigenvalue weighted by Crippen LogP contribution is 2.31. The highest BCUT2D eigenvalue weighted by Gasteiger charge is 2.25. The van der Waals surface area contributed by atoms with E-state index in [0.717, 1.165) is 64.9 Å². The van der Waals surface area contributed by atoms with Crippen LogP contribution in [0.4, 0.5) is 0 Å². The lowest BCUT2D eigenvalue weighted by atomic mass is 9.89. The molecule has 0 saturated carbocycles. The molecule has 0 spiro atoms. The Balaban J connectivity index is 1.50. The molecule has 1 saturated heterocycles. The van der Waals surface area contributed by atoms with Crippen LogP contribution >= 0.6 is 11.6 Å². The van der Waals surface area contributed by atoms with Gasteiger partial charge in [0.05, 0.1) is 11.4 Å². The quantitative estimate of drug-likeness (QED) is 0.607. The molecule has 1 aromatic heterocycles. The van der Waals surface area contributed by atoms with Gasteiger partial charge >= 0.3 is 0 Å². The summed E-state index contributed by atoms with van der Waals surface area (Å²) in [6, 6.07) is 14.1. The Bertz CT molecular complexity index is 1030. The summed E-state index contributed by atoms with van der Waals surface area (Å²) in [5, 5.41) is 0.763. The maximum Gasteiger partial charge on any atom is 0.253 e. The normalized spacial score (nSPS) is 15.0. The molecule has 1 aliphatic heterocycles. The molecule has 2 aromatic carbocycles. The average molecular weight is 408 g/mol. The molecule has 4 nitrogen and oxygen atoms in total. The number of halogens is 1. The van der Waals surface area contributed by atoms with Crippen molar-refractivity contribution in [1.82, 2.24) is 14.9 Å². The molecule has 0 unspecified atom stereocenters. The average Bonchev–Trinajstić information content (AvgIpc) is 3.06. The van der Waals surface area contributed by atoms with Crippen molar-refractivity contribution in [3.63, 3.8) is 0 Å². The minimum atomic E-state index is 0.106. The maximum atomic E-state index is 13.2. The fourth-order valence-electron chi connectivity index (χ4n) is 4.23. The fraction of sp³-hybridized carbons (Fsp3) is 0.333. The predicted molar refractivity (Wildman–Crippen MR) is 118 cm³/mol. The molecule has 150 valence electrons. The number of nitrogens with one attached hydrogen (secondary N) is 1. The van der Waals surface area contributed by atoms with Gasteiger partial charge in [-0.15, -0.1) is 0 Å². The summed E-state index contributed by atoms with van der Waals surface area (Å²) in [6.45, 7) is 7.56. The van der Waals surface area contributed by atoms with Gasteiger partial charge in [-0.2, -0.15) is 0 Å². The number of aromatic nitrogens is 2. The Kier molecular flexibility index (Phi) is 5.46. The van der Waals surface area contributed by atoms with E-state index in [1.165, 1.54) is 5.56 Å². The van der Waals surface area contributed by atoms with E-state index >= 15 is 0 Å². The smallest absolute Gasteiger partial charge is 0.253 e. The fourth-order valence-corrected chi connectivity index (χ4v) is 4.35. The molecule has 1 aliphatic rings. The van der Waals surface area contributed by atoms with Crippen LogP contribution in [0.3, 0.4) is 0 Å². The van der Waals surface area contributed by atoms with Crippen LogP contribution in [0.1, 0.15) is 51.8 Å². The van der Waals surface area contributed by atoms with Gasteiger partial charge in [-0.25, -0.2) is 4.98 Å². The third kappa shape index (κ3) is 4.08. The van der Waals surface area contributed by atoms with E-state index in [1.54, 1.807) is 0 Å². The first-order valence-electron chi connectivity index (χ1n) is 10.1. The van der Waals surface area contributed by atoms with Crippen LogP contribution in [0.5, 0.6) is 0 Å². The molecule has 29 heavy (non-hydrogen) atoms. The summed E-state index contributed by atoms with van der Waals surface area (Å²) < 4.78 is 0. The van der Waals surface area contributed by atoms with Crippen LogP contribution in [0, 0.1) is 20.8 Å². The van der Waals surface area contributed by atoms with Gasteiger partial charge in [-0.1, -0.05) is 29.8 Å². The van der Waals surface area contributed by atoms with Crippen LogP contribution in [0.15, 0.2) is 42.5 Å². The number of rotatable bonds is 3. The lowest BCUT2D eigenvalue weighted by Gasteiger charge is -2.32. The number of carbonyl (C=O) groups excluding carboxylic acids is 1. The van der Waals surface area contributed by atoms with Gasteiger partial charge in [0, 0.05) is 29.2 Å². The number of nitrogens with zero attached hydrogens (tertiary/aromatic N) is 2. The van der Waals surface area contributed by atoms with Crippen molar-refractivity contribution < 1.29 is 4.79 Å². The number of hydrogen-bond acceptors (Lipinski definition) is 2. The Morgan fingerprint density at radius 2 is 1.76 bits per heavy atom. The van der Waals surface area contributed by atoms with Crippen molar-refractivity contribution in [2.24, 2.45) is 0 Å². The SMILES string of the molecule is Cc1nc(C)c(-c2cc(C(=O)N3CCC(c4ccc(Cl)cc4)CC3)ccc2C)[nH]1. The number of benzene rings is 2. The number of piperidine rings is 1. The van der Waals surface area contributed by atoms with E-state index in [0.29, 0.717) is 5.92 Å². The Hall–Kier alpha value is -2.59. The molecule has 4 rings (SSSR count). The predicted octanol–water partition coefficient (Wildman–Crippen LogP) is 5.68. The zero-order valence-corrected chi connectivity index (χ0v) is 17.9. The summed E-state index contributed by atoms with van der Waals surface area (Å²) in [5.74, 6) is 1.48. The first-order chi connectivity index (χ1) is 13.9. The molecular weight excluding hydrogens is 382 g/mol. The molecule has 1 N–H and O–H groups in total. The van der Waals surface area contributed by atoms with E-state index < -0.39 is 0 Å². The Morgan fingerprint density at radius 3 is 2.38 bits per heavy atom. The number of H-pyrrole nitrogens is 1. The number of likely N-dealkylation sites (tertiary alicyclic amines) is 1. The van der Waals surface area contributed by atoms with Crippen LogP contribution in [0.2, 0.25) is 5.02 Å². The minimum Gasteiger partial charge on any atom is -0.342 e. The summed E-state index contributed by atoms with van der Waals surface area (Å²) in [6.07, 6.45) is 1.95. The number of carbonyl (C=O) groups is 1. The maximum absolute atomic E-state index is 13.2. The van der Waals surface area contributed by atoms with Crippen molar-refractivity contribution in [3.05, 3.63) is 75.7 Å². The van der Waals surface area contributed by atoms with Crippen molar-refractivity contribution in [1.29, 1.82) is 0 Å².